The predicted octanol–water partition coefficient (Wildman–Crippen LogP) is 7.69. The third kappa shape index (κ3) is 7.89. The van der Waals surface area contributed by atoms with Gasteiger partial charge in [0.1, 0.15) is 5.75 Å². The molecule has 0 aromatic heterocycles. The van der Waals surface area contributed by atoms with Gasteiger partial charge in [0.15, 0.2) is 6.29 Å². The van der Waals surface area contributed by atoms with E-state index in [-0.39, 0.29) is 6.29 Å². The van der Waals surface area contributed by atoms with Crippen LogP contribution in [0.5, 0.6) is 5.75 Å². The number of hydrogen-bond donors (Lipinski definition) is 0. The highest BCUT2D eigenvalue weighted by Crippen LogP contribution is 2.36. The molecule has 3 rings (SSSR count). The van der Waals surface area contributed by atoms with Gasteiger partial charge < -0.3 is 14.2 Å². The normalized spacial score (nSPS) is 27.1. The van der Waals surface area contributed by atoms with Crippen LogP contribution in [0.15, 0.2) is 24.3 Å². The van der Waals surface area contributed by atoms with Crippen molar-refractivity contribution in [2.45, 2.75) is 97.2 Å². The van der Waals surface area contributed by atoms with Crippen molar-refractivity contribution in [2.75, 3.05) is 19.8 Å². The summed E-state index contributed by atoms with van der Waals surface area (Å²) in [6.45, 7) is 6.81. The molecule has 0 bridgehead atoms. The Labute approximate surface area is 184 Å². The molecule has 1 aromatic carbocycles. The monoisotopic (exact) mass is 416 g/mol. The van der Waals surface area contributed by atoms with Crippen molar-refractivity contribution in [3.05, 3.63) is 29.8 Å². The van der Waals surface area contributed by atoms with Crippen molar-refractivity contribution in [2.24, 2.45) is 17.8 Å². The van der Waals surface area contributed by atoms with Gasteiger partial charge in [-0.05, 0) is 36.8 Å². The minimum atomic E-state index is -0.222. The zero-order chi connectivity index (χ0) is 21.0. The third-order valence-corrected chi connectivity index (χ3v) is 6.95. The van der Waals surface area contributed by atoms with E-state index in [4.69, 9.17) is 14.2 Å². The summed E-state index contributed by atoms with van der Waals surface area (Å²) in [5, 5.41) is 0. The van der Waals surface area contributed by atoms with E-state index in [0.717, 1.165) is 43.0 Å². The van der Waals surface area contributed by atoms with Gasteiger partial charge in [0.25, 0.3) is 0 Å². The lowest BCUT2D eigenvalue weighted by Gasteiger charge is -2.32. The molecule has 1 heterocycles. The van der Waals surface area contributed by atoms with Crippen LogP contribution in [0.2, 0.25) is 0 Å². The van der Waals surface area contributed by atoms with E-state index in [9.17, 15) is 0 Å². The molecule has 1 aliphatic carbocycles. The maximum absolute atomic E-state index is 6.04. The van der Waals surface area contributed by atoms with Crippen molar-refractivity contribution in [3.63, 3.8) is 0 Å². The number of benzene rings is 1. The van der Waals surface area contributed by atoms with E-state index in [2.05, 4.69) is 38.1 Å². The quantitative estimate of drug-likeness (QED) is 0.327. The molecule has 1 aromatic rings. The summed E-state index contributed by atoms with van der Waals surface area (Å²) in [4.78, 5) is 0. The van der Waals surface area contributed by atoms with Gasteiger partial charge in [-0.2, -0.15) is 0 Å². The van der Waals surface area contributed by atoms with Crippen LogP contribution in [0, 0.1) is 17.8 Å². The minimum absolute atomic E-state index is 0.222. The van der Waals surface area contributed by atoms with Crippen LogP contribution >= 0.6 is 0 Å². The second-order valence-electron chi connectivity index (χ2n) is 9.67. The highest BCUT2D eigenvalue weighted by molar-refractivity contribution is 5.28. The van der Waals surface area contributed by atoms with Gasteiger partial charge in [0.2, 0.25) is 0 Å². The van der Waals surface area contributed by atoms with Gasteiger partial charge in [-0.25, -0.2) is 0 Å². The molecule has 1 saturated carbocycles. The molecule has 3 heteroatoms. The van der Waals surface area contributed by atoms with Crippen LogP contribution in [0.3, 0.4) is 0 Å². The summed E-state index contributed by atoms with van der Waals surface area (Å²) >= 11 is 0. The fourth-order valence-electron chi connectivity index (χ4n) is 5.10. The van der Waals surface area contributed by atoms with E-state index in [1.165, 1.54) is 77.0 Å². The molecule has 1 saturated heterocycles. The molecule has 2 unspecified atom stereocenters. The summed E-state index contributed by atoms with van der Waals surface area (Å²) in [6.07, 6.45) is 16.6. The second kappa shape index (κ2) is 13.4. The van der Waals surface area contributed by atoms with Crippen LogP contribution < -0.4 is 4.74 Å². The average molecular weight is 417 g/mol. The van der Waals surface area contributed by atoms with Crippen LogP contribution in [0.25, 0.3) is 0 Å². The molecule has 0 radical (unpaired) electrons. The Kier molecular flexibility index (Phi) is 10.5. The minimum Gasteiger partial charge on any atom is -0.494 e. The Morgan fingerprint density at radius 3 is 2.13 bits per heavy atom. The zero-order valence-corrected chi connectivity index (χ0v) is 19.5. The first kappa shape index (κ1) is 23.6. The lowest BCUT2D eigenvalue weighted by atomic mass is 9.74. The van der Waals surface area contributed by atoms with Gasteiger partial charge >= 0.3 is 0 Å². The number of hydrogen-bond acceptors (Lipinski definition) is 3. The third-order valence-electron chi connectivity index (χ3n) is 6.95. The summed E-state index contributed by atoms with van der Waals surface area (Å²) in [7, 11) is 0. The molecule has 3 nitrogen and oxygen atoms in total. The maximum atomic E-state index is 6.04. The van der Waals surface area contributed by atoms with Gasteiger partial charge in [0, 0.05) is 11.5 Å². The van der Waals surface area contributed by atoms with Crippen LogP contribution in [0.4, 0.5) is 0 Å². The highest BCUT2D eigenvalue weighted by atomic mass is 16.7. The molecule has 0 amide bonds. The van der Waals surface area contributed by atoms with Crippen LogP contribution in [-0.2, 0) is 9.47 Å². The average Bonchev–Trinajstić information content (AvgIpc) is 2.78. The van der Waals surface area contributed by atoms with E-state index in [0.29, 0.717) is 5.92 Å². The summed E-state index contributed by atoms with van der Waals surface area (Å²) in [5.74, 6) is 3.34. The molecular weight excluding hydrogens is 372 g/mol. The predicted molar refractivity (Wildman–Crippen MR) is 124 cm³/mol. The zero-order valence-electron chi connectivity index (χ0n) is 19.5. The lowest BCUT2D eigenvalue weighted by Crippen LogP contribution is -2.24. The molecule has 30 heavy (non-hydrogen) atoms. The first-order valence-corrected chi connectivity index (χ1v) is 12.7. The molecule has 1 aliphatic heterocycles. The van der Waals surface area contributed by atoms with Gasteiger partial charge in [-0.15, -0.1) is 0 Å². The molecule has 0 spiro atoms. The molecular formula is C27H44O3. The van der Waals surface area contributed by atoms with E-state index in [1.54, 1.807) is 0 Å². The summed E-state index contributed by atoms with van der Waals surface area (Å²) < 4.78 is 17.6. The Balaban J connectivity index is 1.33. The van der Waals surface area contributed by atoms with Crippen molar-refractivity contribution >= 4 is 0 Å². The smallest absolute Gasteiger partial charge is 0.183 e. The Bertz CT molecular complexity index is 562. The van der Waals surface area contributed by atoms with Crippen molar-refractivity contribution in [1.29, 1.82) is 0 Å². The summed E-state index contributed by atoms with van der Waals surface area (Å²) in [5.41, 5.74) is 1.08. The van der Waals surface area contributed by atoms with Crippen molar-refractivity contribution in [3.8, 4) is 5.75 Å². The second-order valence-corrected chi connectivity index (χ2v) is 9.67. The molecule has 2 atom stereocenters. The van der Waals surface area contributed by atoms with E-state index in [1.807, 2.05) is 0 Å². The van der Waals surface area contributed by atoms with Crippen molar-refractivity contribution in [1.82, 2.24) is 0 Å². The number of unbranched alkanes of at least 4 members (excludes halogenated alkanes) is 4. The largest absolute Gasteiger partial charge is 0.494 e. The summed E-state index contributed by atoms with van der Waals surface area (Å²) in [6, 6.07) is 8.26. The standard InChI is InChI=1S/C27H44O3/c1-3-4-5-6-7-11-23-12-8-9-13-24(23)14-10-19-28-26-17-15-25(16-18-26)27-29-20-22(2)21-30-27/h15-18,22-24,27H,3-14,19-21H2,1-2H3. The van der Waals surface area contributed by atoms with E-state index >= 15 is 0 Å². The lowest BCUT2D eigenvalue weighted by molar-refractivity contribution is -0.202. The van der Waals surface area contributed by atoms with Gasteiger partial charge in [0.05, 0.1) is 19.8 Å². The fraction of sp³-hybridized carbons (Fsp3) is 0.778. The maximum Gasteiger partial charge on any atom is 0.183 e. The van der Waals surface area contributed by atoms with Crippen molar-refractivity contribution < 1.29 is 14.2 Å². The first-order chi connectivity index (χ1) is 14.8. The molecule has 2 fully saturated rings. The topological polar surface area (TPSA) is 27.7 Å². The molecule has 170 valence electrons. The number of ether oxygens (including phenoxy) is 3. The van der Waals surface area contributed by atoms with Gasteiger partial charge in [-0.3, -0.25) is 0 Å². The Morgan fingerprint density at radius 2 is 1.47 bits per heavy atom. The van der Waals surface area contributed by atoms with Gasteiger partial charge in [-0.1, -0.05) is 90.2 Å². The van der Waals surface area contributed by atoms with Crippen LogP contribution in [-0.4, -0.2) is 19.8 Å². The molecule has 0 N–H and O–H groups in total. The molecule has 2 aliphatic rings. The fourth-order valence-corrected chi connectivity index (χ4v) is 5.10. The highest BCUT2D eigenvalue weighted by Gasteiger charge is 2.24. The number of rotatable bonds is 12. The van der Waals surface area contributed by atoms with Crippen LogP contribution in [0.1, 0.15) is 103 Å². The first-order valence-electron chi connectivity index (χ1n) is 12.7. The SMILES string of the molecule is CCCCCCCC1CCCCC1CCCOc1ccc(C2OCC(C)CO2)cc1. The Morgan fingerprint density at radius 1 is 0.833 bits per heavy atom. The Hall–Kier alpha value is -1.06. The van der Waals surface area contributed by atoms with E-state index < -0.39 is 0 Å².